The first-order chi connectivity index (χ1) is 14.0. The van der Waals surface area contributed by atoms with Gasteiger partial charge in [0.2, 0.25) is 20.0 Å². The summed E-state index contributed by atoms with van der Waals surface area (Å²) >= 11 is 0. The average molecular weight is 458 g/mol. The van der Waals surface area contributed by atoms with E-state index in [1.807, 2.05) is 0 Å². The maximum absolute atomic E-state index is 12.7. The minimum atomic E-state index is -3.61. The summed E-state index contributed by atoms with van der Waals surface area (Å²) in [6.45, 7) is 2.12. The van der Waals surface area contributed by atoms with Crippen molar-refractivity contribution in [2.24, 2.45) is 11.3 Å². The van der Waals surface area contributed by atoms with Crippen molar-refractivity contribution in [2.45, 2.75) is 51.7 Å². The van der Waals surface area contributed by atoms with Crippen LogP contribution in [0.15, 0.2) is 35.5 Å². The molecule has 1 saturated heterocycles. The highest BCUT2D eigenvalue weighted by molar-refractivity contribution is 7.88. The predicted molar refractivity (Wildman–Crippen MR) is 115 cm³/mol. The number of rotatable bonds is 6. The molecule has 30 heavy (non-hydrogen) atoms. The van der Waals surface area contributed by atoms with E-state index < -0.39 is 26.3 Å². The molecule has 0 radical (unpaired) electrons. The van der Waals surface area contributed by atoms with Crippen LogP contribution in [0.2, 0.25) is 0 Å². The zero-order valence-electron chi connectivity index (χ0n) is 17.8. The van der Waals surface area contributed by atoms with Gasteiger partial charge in [-0.15, -0.1) is 0 Å². The molecule has 0 aromatic heterocycles. The van der Waals surface area contributed by atoms with Crippen LogP contribution in [-0.2, 0) is 24.8 Å². The van der Waals surface area contributed by atoms with Gasteiger partial charge in [0.25, 0.3) is 0 Å². The summed E-state index contributed by atoms with van der Waals surface area (Å²) in [5.41, 5.74) is 2.17. The highest BCUT2D eigenvalue weighted by Crippen LogP contribution is 2.61. The monoisotopic (exact) mass is 457 g/mol. The second-order valence-electron chi connectivity index (χ2n) is 8.78. The third-order valence-corrected chi connectivity index (χ3v) is 8.75. The molecule has 4 rings (SSSR count). The third-order valence-electron chi connectivity index (χ3n) is 6.78. The number of nitrogens with zero attached hydrogens (tertiary/aromatic N) is 2. The van der Waals surface area contributed by atoms with Crippen molar-refractivity contribution in [3.05, 3.63) is 35.5 Å². The Balaban J connectivity index is 1.72. The molecule has 1 saturated carbocycles. The molecule has 1 N–H and O–H groups in total. The molecule has 0 bridgehead atoms. The molecule has 1 spiro atoms. The number of allylic oxidation sites excluding steroid dienone is 3. The number of nitrogens with one attached hydrogen (secondary N) is 1. The Morgan fingerprint density at radius 1 is 1.23 bits per heavy atom. The second kappa shape index (κ2) is 7.65. The Kier molecular flexibility index (Phi) is 5.57. The van der Waals surface area contributed by atoms with Crippen molar-refractivity contribution in [1.82, 2.24) is 13.9 Å². The van der Waals surface area contributed by atoms with Crippen LogP contribution in [0.1, 0.15) is 45.4 Å². The van der Waals surface area contributed by atoms with Gasteiger partial charge >= 0.3 is 0 Å². The molecule has 3 unspecified atom stereocenters. The fourth-order valence-corrected chi connectivity index (χ4v) is 6.93. The minimum absolute atomic E-state index is 0.00888. The number of hydrogen-bond acceptors (Lipinski definition) is 6. The van der Waals surface area contributed by atoms with Crippen molar-refractivity contribution in [2.75, 3.05) is 25.6 Å². The number of fused-ring (bicyclic) bond motifs is 1. The lowest BCUT2D eigenvalue weighted by molar-refractivity contribution is 0.0338. The summed E-state index contributed by atoms with van der Waals surface area (Å²) < 4.78 is 58.5. The molecule has 3 atom stereocenters. The Morgan fingerprint density at radius 3 is 2.70 bits per heavy atom. The van der Waals surface area contributed by atoms with E-state index in [1.165, 1.54) is 9.88 Å². The van der Waals surface area contributed by atoms with Crippen molar-refractivity contribution in [3.8, 4) is 0 Å². The first-order valence-electron chi connectivity index (χ1n) is 10.5. The van der Waals surface area contributed by atoms with Crippen LogP contribution in [-0.4, -0.2) is 57.9 Å². The van der Waals surface area contributed by atoms with E-state index in [1.54, 1.807) is 0 Å². The summed E-state index contributed by atoms with van der Waals surface area (Å²) in [4.78, 5) is 2.14. The zero-order chi connectivity index (χ0) is 21.7. The zero-order valence-corrected chi connectivity index (χ0v) is 19.4. The van der Waals surface area contributed by atoms with Gasteiger partial charge in [0, 0.05) is 31.4 Å². The van der Waals surface area contributed by atoms with Gasteiger partial charge < -0.3 is 9.64 Å². The van der Waals surface area contributed by atoms with E-state index >= 15 is 0 Å². The van der Waals surface area contributed by atoms with Crippen LogP contribution in [0.4, 0.5) is 0 Å². The molecule has 2 fully saturated rings. The van der Waals surface area contributed by atoms with E-state index in [9.17, 15) is 16.8 Å². The van der Waals surface area contributed by atoms with Gasteiger partial charge in [-0.2, -0.15) is 4.31 Å². The van der Waals surface area contributed by atoms with Crippen LogP contribution < -0.4 is 4.72 Å². The smallest absolute Gasteiger partial charge is 0.214 e. The molecular formula is C20H31N3O5S2. The van der Waals surface area contributed by atoms with Gasteiger partial charge in [0.15, 0.2) is 6.23 Å². The fraction of sp³-hybridized carbons (Fsp3) is 0.700. The topological polar surface area (TPSA) is 96.0 Å². The first kappa shape index (κ1) is 21.9. The Labute approximate surface area is 179 Å². The maximum Gasteiger partial charge on any atom is 0.214 e. The second-order valence-corrected chi connectivity index (χ2v) is 12.5. The maximum atomic E-state index is 12.7. The van der Waals surface area contributed by atoms with Crippen molar-refractivity contribution >= 4 is 20.0 Å². The molecule has 1 aliphatic carbocycles. The summed E-state index contributed by atoms with van der Waals surface area (Å²) in [7, 11) is -7.01. The van der Waals surface area contributed by atoms with Crippen LogP contribution in [0.25, 0.3) is 0 Å². The Bertz CT molecular complexity index is 1020. The summed E-state index contributed by atoms with van der Waals surface area (Å²) in [6.07, 6.45) is 14.0. The molecule has 3 aliphatic heterocycles. The van der Waals surface area contributed by atoms with Crippen LogP contribution in [0, 0.1) is 11.3 Å². The molecule has 0 aromatic rings. The van der Waals surface area contributed by atoms with E-state index in [2.05, 4.69) is 35.0 Å². The van der Waals surface area contributed by atoms with Crippen molar-refractivity contribution in [1.29, 1.82) is 0 Å². The lowest BCUT2D eigenvalue weighted by atomic mass is 9.61. The van der Waals surface area contributed by atoms with E-state index in [4.69, 9.17) is 4.74 Å². The van der Waals surface area contributed by atoms with E-state index in [0.717, 1.165) is 62.5 Å². The standard InChI is InChI=1S/C20H31N3O5S2/c1-15-19(23(30(3,26)27)13-11-21-29(2,24)25)28-18-17-9-5-7-12-22(17)14-16-8-4-6-10-20(15,16)18/h7,12,14-15,19,21H,4-6,8-11,13H2,1-3H3. The van der Waals surface area contributed by atoms with Gasteiger partial charge in [-0.25, -0.2) is 21.6 Å². The number of ether oxygens (including phenoxy) is 1. The lowest BCUT2D eigenvalue weighted by Crippen LogP contribution is -2.48. The SMILES string of the molecule is CC1C(N(CCNS(C)(=O)=O)S(C)(=O)=O)OC2=C3CCC=CN3C=C3CCCCC321. The minimum Gasteiger partial charge on any atom is -0.475 e. The molecule has 4 aliphatic rings. The largest absolute Gasteiger partial charge is 0.475 e. The highest BCUT2D eigenvalue weighted by atomic mass is 32.2. The van der Waals surface area contributed by atoms with E-state index in [0.29, 0.717) is 0 Å². The summed E-state index contributed by atoms with van der Waals surface area (Å²) in [5, 5.41) is 0. The predicted octanol–water partition coefficient (Wildman–Crippen LogP) is 2.07. The first-order valence-corrected chi connectivity index (χ1v) is 14.3. The van der Waals surface area contributed by atoms with Crippen molar-refractivity contribution in [3.63, 3.8) is 0 Å². The number of hydrogen-bond donors (Lipinski definition) is 1. The molecule has 0 amide bonds. The normalized spacial score (nSPS) is 31.2. The van der Waals surface area contributed by atoms with Crippen LogP contribution >= 0.6 is 0 Å². The third kappa shape index (κ3) is 3.72. The van der Waals surface area contributed by atoms with Gasteiger partial charge in [0.1, 0.15) is 5.76 Å². The van der Waals surface area contributed by atoms with Gasteiger partial charge in [0.05, 0.1) is 23.6 Å². The molecule has 10 heteroatoms. The van der Waals surface area contributed by atoms with Gasteiger partial charge in [-0.1, -0.05) is 19.4 Å². The van der Waals surface area contributed by atoms with Crippen LogP contribution in [0.3, 0.4) is 0 Å². The van der Waals surface area contributed by atoms with Crippen molar-refractivity contribution < 1.29 is 21.6 Å². The van der Waals surface area contributed by atoms with E-state index in [-0.39, 0.29) is 24.4 Å². The average Bonchev–Trinajstić information content (AvgIpc) is 2.94. The number of sulfonamides is 2. The Morgan fingerprint density at radius 2 is 2.00 bits per heavy atom. The molecule has 8 nitrogen and oxygen atoms in total. The van der Waals surface area contributed by atoms with Crippen LogP contribution in [0.5, 0.6) is 0 Å². The van der Waals surface area contributed by atoms with Gasteiger partial charge in [-0.3, -0.25) is 0 Å². The lowest BCUT2D eigenvalue weighted by Gasteiger charge is -2.45. The molecule has 168 valence electrons. The quantitative estimate of drug-likeness (QED) is 0.656. The fourth-order valence-electron chi connectivity index (χ4n) is 5.44. The Hall–Kier alpha value is -1.36. The van der Waals surface area contributed by atoms with Gasteiger partial charge in [-0.05, 0) is 37.7 Å². The highest BCUT2D eigenvalue weighted by Gasteiger charge is 2.59. The summed E-state index contributed by atoms with van der Waals surface area (Å²) in [5.74, 6) is 0.860. The summed E-state index contributed by atoms with van der Waals surface area (Å²) in [6, 6.07) is 0. The molecular weight excluding hydrogens is 426 g/mol. The molecule has 3 heterocycles. The molecule has 0 aromatic carbocycles.